The molecule has 1 aliphatic rings. The molecule has 0 saturated carbocycles. The number of aliphatic hydroxyl groups is 1. The number of aromatic nitrogens is 2. The van der Waals surface area contributed by atoms with Crippen molar-refractivity contribution < 1.29 is 33.3 Å². The number of carbonyl (C=O) groups is 2. The third kappa shape index (κ3) is 5.40. The largest absolute Gasteiger partial charge is 0.507 e. The number of anilines is 1. The molecule has 12 heteroatoms. The minimum absolute atomic E-state index is 0.109. The first-order chi connectivity index (χ1) is 19.3. The number of nitrogens with zero attached hydrogens (tertiary/aromatic N) is 3. The van der Waals surface area contributed by atoms with Crippen molar-refractivity contribution in [1.82, 2.24) is 10.2 Å². The van der Waals surface area contributed by atoms with Crippen molar-refractivity contribution in [3.05, 3.63) is 101 Å². The van der Waals surface area contributed by atoms with Crippen LogP contribution in [-0.4, -0.2) is 38.7 Å². The van der Waals surface area contributed by atoms with Crippen molar-refractivity contribution in [1.29, 1.82) is 0 Å². The number of aliphatic hydroxyl groups excluding tert-OH is 1. The first kappa shape index (κ1) is 27.3. The highest BCUT2D eigenvalue weighted by Crippen LogP contribution is 2.45. The molecule has 1 saturated heterocycles. The Morgan fingerprint density at radius 2 is 1.70 bits per heavy atom. The Morgan fingerprint density at radius 3 is 2.38 bits per heavy atom. The van der Waals surface area contributed by atoms with Crippen molar-refractivity contribution in [3.8, 4) is 11.5 Å². The van der Waals surface area contributed by atoms with Gasteiger partial charge in [0.15, 0.2) is 15.8 Å². The van der Waals surface area contributed by atoms with Crippen LogP contribution in [0.4, 0.5) is 13.9 Å². The Kier molecular flexibility index (Phi) is 7.81. The van der Waals surface area contributed by atoms with E-state index in [-0.39, 0.29) is 40.2 Å². The van der Waals surface area contributed by atoms with Gasteiger partial charge in [-0.15, -0.1) is 10.2 Å². The molecular formula is C28H21F2N3O5S2. The summed E-state index contributed by atoms with van der Waals surface area (Å²) in [5.74, 6) is -2.82. The highest BCUT2D eigenvalue weighted by molar-refractivity contribution is 8.00. The van der Waals surface area contributed by atoms with Gasteiger partial charge in [0, 0.05) is 11.3 Å². The van der Waals surface area contributed by atoms with Crippen molar-refractivity contribution in [2.24, 2.45) is 0 Å². The van der Waals surface area contributed by atoms with Crippen LogP contribution in [0.15, 0.2) is 76.6 Å². The molecule has 1 aromatic heterocycles. The molecule has 1 unspecified atom stereocenters. The van der Waals surface area contributed by atoms with Crippen LogP contribution >= 0.6 is 23.1 Å². The monoisotopic (exact) mass is 581 g/mol. The van der Waals surface area contributed by atoms with Crippen LogP contribution < -0.4 is 9.64 Å². The average Bonchev–Trinajstić information content (AvgIpc) is 3.52. The van der Waals surface area contributed by atoms with Crippen molar-refractivity contribution in [3.63, 3.8) is 0 Å². The summed E-state index contributed by atoms with van der Waals surface area (Å²) < 4.78 is 32.8. The van der Waals surface area contributed by atoms with E-state index in [0.29, 0.717) is 15.7 Å². The number of ketones is 1. The number of phenolic OH excluding ortho intramolecular Hbond substituents is 1. The first-order valence-electron chi connectivity index (χ1n) is 12.0. The second-order valence-electron chi connectivity index (χ2n) is 8.60. The molecule has 204 valence electrons. The van der Waals surface area contributed by atoms with Crippen molar-refractivity contribution >= 4 is 45.7 Å². The predicted molar refractivity (Wildman–Crippen MR) is 146 cm³/mol. The van der Waals surface area contributed by atoms with Crippen LogP contribution in [0.3, 0.4) is 0 Å². The fourth-order valence-corrected chi connectivity index (χ4v) is 5.99. The molecule has 0 spiro atoms. The molecule has 1 atom stereocenters. The Bertz CT molecular complexity index is 1610. The molecule has 1 amide bonds. The lowest BCUT2D eigenvalue weighted by Crippen LogP contribution is -2.29. The zero-order valence-electron chi connectivity index (χ0n) is 20.9. The number of ether oxygens (including phenoxy) is 1. The van der Waals surface area contributed by atoms with E-state index in [0.717, 1.165) is 33.9 Å². The maximum Gasteiger partial charge on any atom is 0.301 e. The molecule has 2 N–H and O–H groups in total. The molecule has 8 nitrogen and oxygen atoms in total. The second kappa shape index (κ2) is 11.4. The van der Waals surface area contributed by atoms with Crippen LogP contribution in [0.5, 0.6) is 11.5 Å². The number of phenols is 1. The maximum atomic E-state index is 13.5. The van der Waals surface area contributed by atoms with Gasteiger partial charge in [-0.05, 0) is 66.6 Å². The third-order valence-corrected chi connectivity index (χ3v) is 8.17. The summed E-state index contributed by atoms with van der Waals surface area (Å²) in [6.07, 6.45) is 0. The fraction of sp³-hybridized carbons (Fsp3) is 0.143. The number of rotatable bonds is 8. The lowest BCUT2D eigenvalue weighted by Gasteiger charge is -2.23. The molecule has 5 rings (SSSR count). The number of thioether (sulfide) groups is 1. The highest BCUT2D eigenvalue weighted by atomic mass is 32.2. The number of hydrogen-bond acceptors (Lipinski definition) is 9. The van der Waals surface area contributed by atoms with Gasteiger partial charge in [0.25, 0.3) is 5.78 Å². The number of amides is 1. The van der Waals surface area contributed by atoms with Gasteiger partial charge in [-0.2, -0.15) is 0 Å². The van der Waals surface area contributed by atoms with Gasteiger partial charge in [-0.3, -0.25) is 14.5 Å². The van der Waals surface area contributed by atoms with Crippen LogP contribution in [0.25, 0.3) is 5.76 Å². The van der Waals surface area contributed by atoms with E-state index >= 15 is 0 Å². The van der Waals surface area contributed by atoms with E-state index in [4.69, 9.17) is 4.74 Å². The Morgan fingerprint density at radius 1 is 1.02 bits per heavy atom. The smallest absolute Gasteiger partial charge is 0.301 e. The normalized spacial score (nSPS) is 16.5. The molecule has 3 aromatic carbocycles. The Hall–Kier alpha value is -4.29. The molecule has 40 heavy (non-hydrogen) atoms. The number of aromatic hydroxyl groups is 1. The number of carbonyl (C=O) groups excluding carboxylic acids is 2. The van der Waals surface area contributed by atoms with E-state index < -0.39 is 29.3 Å². The number of hydrogen-bond donors (Lipinski definition) is 2. The molecule has 2 heterocycles. The summed E-state index contributed by atoms with van der Waals surface area (Å²) in [6.45, 7) is 1.98. The van der Waals surface area contributed by atoms with Crippen LogP contribution in [0.1, 0.15) is 29.7 Å². The van der Waals surface area contributed by atoms with E-state index in [1.807, 2.05) is 0 Å². The van der Waals surface area contributed by atoms with Crippen LogP contribution in [0.2, 0.25) is 0 Å². The molecule has 1 fully saturated rings. The maximum absolute atomic E-state index is 13.5. The quantitative estimate of drug-likeness (QED) is 0.0878. The number of Topliss-reactive ketones (excluding diaryl/α,β-unsaturated/α-hetero) is 1. The Balaban J connectivity index is 1.56. The minimum Gasteiger partial charge on any atom is -0.507 e. The summed E-state index contributed by atoms with van der Waals surface area (Å²) in [5.41, 5.74) is 1.12. The molecule has 0 aliphatic carbocycles. The van der Waals surface area contributed by atoms with Gasteiger partial charge in [0.2, 0.25) is 5.13 Å². The lowest BCUT2D eigenvalue weighted by atomic mass is 9.95. The number of halogens is 2. The fourth-order valence-electron chi connectivity index (χ4n) is 4.16. The van der Waals surface area contributed by atoms with E-state index in [9.17, 15) is 28.6 Å². The molecular weight excluding hydrogens is 560 g/mol. The first-order valence-corrected chi connectivity index (χ1v) is 13.8. The summed E-state index contributed by atoms with van der Waals surface area (Å²) in [7, 11) is 0. The van der Waals surface area contributed by atoms with Gasteiger partial charge in [0.1, 0.15) is 17.4 Å². The highest BCUT2D eigenvalue weighted by Gasteiger charge is 2.48. The van der Waals surface area contributed by atoms with Crippen LogP contribution in [0, 0.1) is 11.6 Å². The van der Waals surface area contributed by atoms with Gasteiger partial charge in [-0.25, -0.2) is 8.78 Å². The molecule has 0 radical (unpaired) electrons. The Labute approximate surface area is 235 Å². The molecule has 4 aromatic rings. The van der Waals surface area contributed by atoms with Gasteiger partial charge >= 0.3 is 5.91 Å². The van der Waals surface area contributed by atoms with Gasteiger partial charge < -0.3 is 14.9 Å². The van der Waals surface area contributed by atoms with Gasteiger partial charge in [-0.1, -0.05) is 41.3 Å². The zero-order valence-corrected chi connectivity index (χ0v) is 22.5. The molecule has 0 bridgehead atoms. The predicted octanol–water partition coefficient (Wildman–Crippen LogP) is 5.84. The standard InChI is InChI=1S/C28H21F2N3O5S2/c1-2-38-21-13-17(7-12-20(21)34)23-22(24(35)16-5-10-19(30)11-6-16)25(36)26(37)33(23)27-31-32-28(40-27)39-14-15-3-8-18(29)9-4-15/h3-13,23,34-35H,2,14H2,1H3/b24-22-. The van der Waals surface area contributed by atoms with Gasteiger partial charge in [0.05, 0.1) is 18.2 Å². The summed E-state index contributed by atoms with van der Waals surface area (Å²) >= 11 is 2.39. The van der Waals surface area contributed by atoms with Crippen molar-refractivity contribution in [2.75, 3.05) is 11.5 Å². The number of benzene rings is 3. The second-order valence-corrected chi connectivity index (χ2v) is 10.8. The van der Waals surface area contributed by atoms with Crippen molar-refractivity contribution in [2.45, 2.75) is 23.1 Å². The summed E-state index contributed by atoms with van der Waals surface area (Å²) in [5, 5.41) is 29.8. The molecule has 1 aliphatic heterocycles. The average molecular weight is 582 g/mol. The summed E-state index contributed by atoms with van der Waals surface area (Å²) in [4.78, 5) is 27.8. The van der Waals surface area contributed by atoms with E-state index in [2.05, 4.69) is 10.2 Å². The SMILES string of the molecule is CCOc1cc(C2/C(=C(/O)c3ccc(F)cc3)C(=O)C(=O)N2c2nnc(SCc3ccc(F)cc3)s2)ccc1O. The third-order valence-electron chi connectivity index (χ3n) is 6.04. The zero-order chi connectivity index (χ0) is 28.4. The van der Waals surface area contributed by atoms with Crippen LogP contribution in [-0.2, 0) is 15.3 Å². The van der Waals surface area contributed by atoms with E-state index in [1.165, 1.54) is 54.2 Å². The topological polar surface area (TPSA) is 113 Å². The summed E-state index contributed by atoms with van der Waals surface area (Å²) in [6, 6.07) is 14.1. The van der Waals surface area contributed by atoms with E-state index in [1.54, 1.807) is 19.1 Å². The lowest BCUT2D eigenvalue weighted by molar-refractivity contribution is -0.132. The minimum atomic E-state index is -1.15.